The Bertz CT molecular complexity index is 1070. The van der Waals surface area contributed by atoms with E-state index in [9.17, 15) is 13.2 Å². The Balaban J connectivity index is 1.45. The second-order valence-electron chi connectivity index (χ2n) is 6.87. The van der Waals surface area contributed by atoms with Gasteiger partial charge in [-0.05, 0) is 55.2 Å². The van der Waals surface area contributed by atoms with Gasteiger partial charge in [-0.25, -0.2) is 13.1 Å². The average molecular weight is 397 g/mol. The van der Waals surface area contributed by atoms with E-state index in [-0.39, 0.29) is 17.2 Å². The van der Waals surface area contributed by atoms with E-state index in [1.165, 1.54) is 12.1 Å². The molecule has 0 unspecified atom stereocenters. The molecule has 3 aromatic rings. The minimum absolute atomic E-state index is 0.00106. The van der Waals surface area contributed by atoms with Crippen LogP contribution in [0.4, 0.5) is 0 Å². The molecule has 1 N–H and O–H groups in total. The second-order valence-corrected chi connectivity index (χ2v) is 8.63. The van der Waals surface area contributed by atoms with E-state index in [2.05, 4.69) is 14.9 Å². The number of carbonyl (C=O) groups is 1. The summed E-state index contributed by atoms with van der Waals surface area (Å²) < 4.78 is 32.0. The fourth-order valence-corrected chi connectivity index (χ4v) is 4.45. The first-order valence-electron chi connectivity index (χ1n) is 9.04. The van der Waals surface area contributed by atoms with Crippen LogP contribution in [0, 0.1) is 5.92 Å². The first-order chi connectivity index (χ1) is 13.5. The van der Waals surface area contributed by atoms with Gasteiger partial charge in [-0.1, -0.05) is 24.6 Å². The number of carbonyl (C=O) groups excluding carboxylic acids is 1. The van der Waals surface area contributed by atoms with E-state index in [1.807, 2.05) is 30.3 Å². The van der Waals surface area contributed by atoms with Crippen molar-refractivity contribution in [2.75, 3.05) is 5.75 Å². The van der Waals surface area contributed by atoms with Gasteiger partial charge in [-0.2, -0.15) is 0 Å². The summed E-state index contributed by atoms with van der Waals surface area (Å²) in [5.41, 5.74) is 1.71. The second kappa shape index (κ2) is 7.55. The van der Waals surface area contributed by atoms with Crippen LogP contribution < -0.4 is 4.72 Å². The molecule has 1 heterocycles. The molecule has 0 bridgehead atoms. The minimum Gasteiger partial charge on any atom is -0.416 e. The largest absolute Gasteiger partial charge is 0.416 e. The van der Waals surface area contributed by atoms with Crippen LogP contribution in [0.3, 0.4) is 0 Å². The molecular weight excluding hydrogens is 378 g/mol. The summed E-state index contributed by atoms with van der Waals surface area (Å²) in [7, 11) is -3.62. The highest BCUT2D eigenvalue weighted by molar-refractivity contribution is 7.90. The highest BCUT2D eigenvalue weighted by Gasteiger charge is 2.26. The maximum Gasteiger partial charge on any atom is 0.264 e. The molecule has 7 nitrogen and oxygen atoms in total. The van der Waals surface area contributed by atoms with Crippen LogP contribution in [0.2, 0.25) is 0 Å². The summed E-state index contributed by atoms with van der Waals surface area (Å²) in [6.07, 6.45) is 2.86. The number of rotatable bonds is 6. The van der Waals surface area contributed by atoms with Crippen molar-refractivity contribution in [2.45, 2.75) is 19.3 Å². The zero-order valence-electron chi connectivity index (χ0n) is 15.0. The number of aromatic nitrogens is 2. The minimum atomic E-state index is -3.62. The smallest absolute Gasteiger partial charge is 0.264 e. The summed E-state index contributed by atoms with van der Waals surface area (Å²) >= 11 is 0. The van der Waals surface area contributed by atoms with Crippen LogP contribution in [-0.2, 0) is 10.0 Å². The zero-order valence-corrected chi connectivity index (χ0v) is 15.9. The van der Waals surface area contributed by atoms with Crippen molar-refractivity contribution in [2.24, 2.45) is 5.92 Å². The van der Waals surface area contributed by atoms with Crippen LogP contribution >= 0.6 is 0 Å². The van der Waals surface area contributed by atoms with E-state index in [1.54, 1.807) is 12.1 Å². The monoisotopic (exact) mass is 397 g/mol. The van der Waals surface area contributed by atoms with Crippen molar-refractivity contribution < 1.29 is 17.6 Å². The van der Waals surface area contributed by atoms with Gasteiger partial charge in [-0.3, -0.25) is 4.79 Å². The van der Waals surface area contributed by atoms with Crippen molar-refractivity contribution in [3.05, 3.63) is 60.2 Å². The number of nitrogens with one attached hydrogen (secondary N) is 1. The maximum atomic E-state index is 12.2. The van der Waals surface area contributed by atoms with Gasteiger partial charge < -0.3 is 4.42 Å². The van der Waals surface area contributed by atoms with E-state index in [0.29, 0.717) is 17.3 Å². The molecule has 1 aliphatic rings. The Kier molecular flexibility index (Phi) is 4.95. The molecule has 0 saturated heterocycles. The van der Waals surface area contributed by atoms with Crippen molar-refractivity contribution >= 4 is 15.9 Å². The standard InChI is InChI=1S/C20H19N3O4S/c24-18(23-28(25,26)13-14-5-4-6-14)15-9-11-17(12-10-15)20-22-21-19(27-20)16-7-2-1-3-8-16/h1-3,7-12,14H,4-6,13H2,(H,23,24). The first-order valence-corrected chi connectivity index (χ1v) is 10.7. The molecule has 0 aliphatic heterocycles. The third-order valence-electron chi connectivity index (χ3n) is 4.77. The third kappa shape index (κ3) is 4.12. The van der Waals surface area contributed by atoms with Gasteiger partial charge in [0, 0.05) is 16.7 Å². The molecular formula is C20H19N3O4S. The molecule has 1 amide bonds. The lowest BCUT2D eigenvalue weighted by molar-refractivity contribution is 0.0981. The molecule has 1 aromatic heterocycles. The van der Waals surface area contributed by atoms with Crippen LogP contribution in [0.15, 0.2) is 59.0 Å². The van der Waals surface area contributed by atoms with Crippen molar-refractivity contribution in [1.82, 2.24) is 14.9 Å². The molecule has 0 radical (unpaired) electrons. The number of benzene rings is 2. The summed E-state index contributed by atoms with van der Waals surface area (Å²) in [5, 5.41) is 8.07. The maximum absolute atomic E-state index is 12.2. The Morgan fingerprint density at radius 3 is 2.14 bits per heavy atom. The van der Waals surface area contributed by atoms with Crippen LogP contribution in [0.5, 0.6) is 0 Å². The van der Waals surface area contributed by atoms with Crippen molar-refractivity contribution in [1.29, 1.82) is 0 Å². The van der Waals surface area contributed by atoms with E-state index < -0.39 is 15.9 Å². The summed E-state index contributed by atoms with van der Waals surface area (Å²) in [4.78, 5) is 12.2. The molecule has 0 atom stereocenters. The summed E-state index contributed by atoms with van der Waals surface area (Å²) in [6, 6.07) is 15.8. The first kappa shape index (κ1) is 18.4. The van der Waals surface area contributed by atoms with Crippen LogP contribution in [0.25, 0.3) is 22.9 Å². The van der Waals surface area contributed by atoms with Gasteiger partial charge in [0.25, 0.3) is 5.91 Å². The highest BCUT2D eigenvalue weighted by Crippen LogP contribution is 2.27. The SMILES string of the molecule is O=C(NS(=O)(=O)CC1CCC1)c1ccc(-c2nnc(-c3ccccc3)o2)cc1. The molecule has 1 fully saturated rings. The molecule has 4 rings (SSSR count). The third-order valence-corrected chi connectivity index (χ3v) is 6.17. The molecule has 28 heavy (non-hydrogen) atoms. The van der Waals surface area contributed by atoms with Gasteiger partial charge in [0.15, 0.2) is 0 Å². The van der Waals surface area contributed by atoms with E-state index in [0.717, 1.165) is 24.8 Å². The molecule has 0 spiro atoms. The van der Waals surface area contributed by atoms with Gasteiger partial charge in [-0.15, -0.1) is 10.2 Å². The van der Waals surface area contributed by atoms with Gasteiger partial charge in [0.05, 0.1) is 5.75 Å². The topological polar surface area (TPSA) is 102 Å². The number of amides is 1. The fraction of sp³-hybridized carbons (Fsp3) is 0.250. The number of hydrogen-bond acceptors (Lipinski definition) is 6. The van der Waals surface area contributed by atoms with Crippen molar-refractivity contribution in [3.8, 4) is 22.9 Å². The molecule has 1 saturated carbocycles. The van der Waals surface area contributed by atoms with Gasteiger partial charge in [0.1, 0.15) is 0 Å². The van der Waals surface area contributed by atoms with E-state index >= 15 is 0 Å². The lowest BCUT2D eigenvalue weighted by atomic mass is 9.87. The number of sulfonamides is 1. The number of hydrogen-bond donors (Lipinski definition) is 1. The Morgan fingerprint density at radius 2 is 1.57 bits per heavy atom. The lowest BCUT2D eigenvalue weighted by Crippen LogP contribution is -2.36. The van der Waals surface area contributed by atoms with Crippen LogP contribution in [-0.4, -0.2) is 30.3 Å². The normalized spacial score (nSPS) is 14.4. The Labute approximate surface area is 162 Å². The summed E-state index contributed by atoms with van der Waals surface area (Å²) in [5.74, 6) is 0.245. The van der Waals surface area contributed by atoms with Gasteiger partial charge >= 0.3 is 0 Å². The van der Waals surface area contributed by atoms with E-state index in [4.69, 9.17) is 4.42 Å². The van der Waals surface area contributed by atoms with Crippen molar-refractivity contribution in [3.63, 3.8) is 0 Å². The average Bonchev–Trinajstić information content (AvgIpc) is 3.16. The fourth-order valence-electron chi connectivity index (χ4n) is 3.01. The predicted molar refractivity (Wildman–Crippen MR) is 104 cm³/mol. The Morgan fingerprint density at radius 1 is 0.964 bits per heavy atom. The lowest BCUT2D eigenvalue weighted by Gasteiger charge is -2.24. The molecule has 2 aromatic carbocycles. The van der Waals surface area contributed by atoms with Gasteiger partial charge in [0.2, 0.25) is 21.8 Å². The summed E-state index contributed by atoms with van der Waals surface area (Å²) in [6.45, 7) is 0. The highest BCUT2D eigenvalue weighted by atomic mass is 32.2. The zero-order chi connectivity index (χ0) is 19.6. The molecule has 1 aliphatic carbocycles. The molecule has 8 heteroatoms. The Hall–Kier alpha value is -3.00. The molecule has 144 valence electrons. The predicted octanol–water partition coefficient (Wildman–Crippen LogP) is 3.26. The number of nitrogens with zero attached hydrogens (tertiary/aromatic N) is 2. The quantitative estimate of drug-likeness (QED) is 0.685. The van der Waals surface area contributed by atoms with Crippen LogP contribution in [0.1, 0.15) is 29.6 Å².